The molecule has 11 heteroatoms. The molecule has 3 aromatic carbocycles. The number of ether oxygens (including phenoxy) is 4. The van der Waals surface area contributed by atoms with Crippen LogP contribution in [0.3, 0.4) is 0 Å². The van der Waals surface area contributed by atoms with Crippen LogP contribution in [0.4, 0.5) is 5.82 Å². The Hall–Kier alpha value is -5.32. The van der Waals surface area contributed by atoms with E-state index in [1.807, 2.05) is 36.4 Å². The molecule has 2 aliphatic rings. The van der Waals surface area contributed by atoms with Gasteiger partial charge in [-0.2, -0.15) is 5.10 Å². The lowest BCUT2D eigenvalue weighted by molar-refractivity contribution is -0.159. The van der Waals surface area contributed by atoms with Crippen LogP contribution in [0.5, 0.6) is 17.2 Å². The van der Waals surface area contributed by atoms with Gasteiger partial charge in [0.25, 0.3) is 11.8 Å². The van der Waals surface area contributed by atoms with Crippen LogP contribution in [0.15, 0.2) is 72.8 Å². The van der Waals surface area contributed by atoms with Gasteiger partial charge >= 0.3 is 5.97 Å². The Labute approximate surface area is 235 Å². The molecule has 0 unspecified atom stereocenters. The van der Waals surface area contributed by atoms with E-state index >= 15 is 0 Å². The highest BCUT2D eigenvalue weighted by atomic mass is 16.7. The first-order chi connectivity index (χ1) is 20.0. The maximum atomic E-state index is 13.4. The highest BCUT2D eigenvalue weighted by Gasteiger charge is 2.35. The van der Waals surface area contributed by atoms with Crippen molar-refractivity contribution < 1.29 is 33.3 Å². The number of benzene rings is 3. The van der Waals surface area contributed by atoms with Gasteiger partial charge in [0.1, 0.15) is 6.61 Å². The predicted molar refractivity (Wildman–Crippen MR) is 145 cm³/mol. The first kappa shape index (κ1) is 25.9. The van der Waals surface area contributed by atoms with Crippen LogP contribution < -0.4 is 19.5 Å². The summed E-state index contributed by atoms with van der Waals surface area (Å²) in [5.41, 5.74) is 3.18. The van der Waals surface area contributed by atoms with E-state index in [4.69, 9.17) is 18.9 Å². The number of fused-ring (bicyclic) bond motifs is 2. The third kappa shape index (κ3) is 5.42. The number of carbonyl (C=O) groups excluding carboxylic acids is 3. The number of nitrogens with one attached hydrogen (secondary N) is 2. The number of H-pyrrole nitrogens is 1. The quantitative estimate of drug-likeness (QED) is 0.311. The second-order valence-corrected chi connectivity index (χ2v) is 9.56. The number of anilines is 1. The SMILES string of the molecule is CC(=O)O[C@H](C(=O)N1Cc2[nH]nc(NC(=O)c3cc4c(c(OCc5ccccc5)c3)OCO4)c2C1)c1ccccc1. The monoisotopic (exact) mass is 554 g/mol. The minimum atomic E-state index is -1.08. The second-order valence-electron chi connectivity index (χ2n) is 9.56. The lowest BCUT2D eigenvalue weighted by Gasteiger charge is -2.23. The molecule has 6 rings (SSSR count). The van der Waals surface area contributed by atoms with E-state index in [1.165, 1.54) is 6.92 Å². The molecule has 41 heavy (non-hydrogen) atoms. The Kier molecular flexibility index (Phi) is 6.99. The van der Waals surface area contributed by atoms with E-state index in [9.17, 15) is 14.4 Å². The van der Waals surface area contributed by atoms with Crippen LogP contribution in [0.1, 0.15) is 45.8 Å². The summed E-state index contributed by atoms with van der Waals surface area (Å²) in [5, 5.41) is 9.98. The fourth-order valence-corrected chi connectivity index (χ4v) is 4.75. The molecule has 0 aliphatic carbocycles. The summed E-state index contributed by atoms with van der Waals surface area (Å²) >= 11 is 0. The normalized spacial score (nSPS) is 13.8. The van der Waals surface area contributed by atoms with E-state index in [-0.39, 0.29) is 32.4 Å². The molecule has 2 aliphatic heterocycles. The van der Waals surface area contributed by atoms with Crippen LogP contribution in [0, 0.1) is 0 Å². The van der Waals surface area contributed by atoms with Gasteiger partial charge in [-0.05, 0) is 17.7 Å². The van der Waals surface area contributed by atoms with Crippen LogP contribution in [-0.4, -0.2) is 39.7 Å². The van der Waals surface area contributed by atoms with Gasteiger partial charge in [-0.3, -0.25) is 19.5 Å². The lowest BCUT2D eigenvalue weighted by Crippen LogP contribution is -2.33. The average Bonchev–Trinajstić information content (AvgIpc) is 3.72. The molecule has 0 spiro atoms. The molecule has 0 radical (unpaired) electrons. The first-order valence-electron chi connectivity index (χ1n) is 12.9. The summed E-state index contributed by atoms with van der Waals surface area (Å²) in [6.07, 6.45) is -1.08. The molecule has 11 nitrogen and oxygen atoms in total. The Morgan fingerprint density at radius 3 is 2.54 bits per heavy atom. The fourth-order valence-electron chi connectivity index (χ4n) is 4.75. The summed E-state index contributed by atoms with van der Waals surface area (Å²) in [6, 6.07) is 21.7. The Morgan fingerprint density at radius 1 is 1.02 bits per heavy atom. The molecule has 0 saturated heterocycles. The molecule has 208 valence electrons. The molecule has 2 amide bonds. The van der Waals surface area contributed by atoms with Crippen LogP contribution in [0.25, 0.3) is 0 Å². The van der Waals surface area contributed by atoms with Crippen molar-refractivity contribution in [2.75, 3.05) is 12.1 Å². The number of nitrogens with zero attached hydrogens (tertiary/aromatic N) is 2. The number of esters is 1. The molecule has 3 heterocycles. The summed E-state index contributed by atoms with van der Waals surface area (Å²) in [7, 11) is 0. The lowest BCUT2D eigenvalue weighted by atomic mass is 10.1. The number of hydrogen-bond acceptors (Lipinski definition) is 8. The number of aromatic nitrogens is 2. The van der Waals surface area contributed by atoms with Crippen LogP contribution in [-0.2, 0) is 34.0 Å². The van der Waals surface area contributed by atoms with E-state index in [1.54, 1.807) is 41.3 Å². The summed E-state index contributed by atoms with van der Waals surface area (Å²) in [5.74, 6) is 0.160. The molecular formula is C30H26N4O7. The van der Waals surface area contributed by atoms with E-state index in [0.717, 1.165) is 5.56 Å². The van der Waals surface area contributed by atoms with Gasteiger partial charge in [0.05, 0.1) is 18.8 Å². The van der Waals surface area contributed by atoms with Gasteiger partial charge < -0.3 is 29.2 Å². The average molecular weight is 555 g/mol. The minimum Gasteiger partial charge on any atom is -0.485 e. The molecule has 0 saturated carbocycles. The largest absolute Gasteiger partial charge is 0.485 e. The number of aromatic amines is 1. The van der Waals surface area contributed by atoms with Gasteiger partial charge in [-0.25, -0.2) is 0 Å². The summed E-state index contributed by atoms with van der Waals surface area (Å²) in [6.45, 7) is 1.98. The first-order valence-corrected chi connectivity index (χ1v) is 12.9. The zero-order valence-electron chi connectivity index (χ0n) is 22.1. The zero-order valence-corrected chi connectivity index (χ0v) is 22.1. The van der Waals surface area contributed by atoms with Gasteiger partial charge in [0.2, 0.25) is 18.6 Å². The van der Waals surface area contributed by atoms with Crippen LogP contribution in [0.2, 0.25) is 0 Å². The van der Waals surface area contributed by atoms with Crippen molar-refractivity contribution in [1.82, 2.24) is 15.1 Å². The number of rotatable bonds is 8. The topological polar surface area (TPSA) is 132 Å². The van der Waals surface area contributed by atoms with Crippen molar-refractivity contribution in [3.8, 4) is 17.2 Å². The Morgan fingerprint density at radius 2 is 1.78 bits per heavy atom. The van der Waals surface area contributed by atoms with E-state index in [2.05, 4.69) is 15.5 Å². The minimum absolute atomic E-state index is 0.0240. The third-order valence-electron chi connectivity index (χ3n) is 6.74. The highest BCUT2D eigenvalue weighted by molar-refractivity contribution is 6.05. The molecule has 1 aromatic heterocycles. The number of amides is 2. The predicted octanol–water partition coefficient (Wildman–Crippen LogP) is 4.12. The highest BCUT2D eigenvalue weighted by Crippen LogP contribution is 2.42. The summed E-state index contributed by atoms with van der Waals surface area (Å²) in [4.78, 5) is 40.0. The molecule has 2 N–H and O–H groups in total. The third-order valence-corrected chi connectivity index (χ3v) is 6.74. The van der Waals surface area contributed by atoms with Crippen molar-refractivity contribution in [1.29, 1.82) is 0 Å². The number of carbonyl (C=O) groups is 3. The summed E-state index contributed by atoms with van der Waals surface area (Å²) < 4.78 is 22.4. The van der Waals surface area contributed by atoms with E-state index < -0.39 is 18.0 Å². The van der Waals surface area contributed by atoms with E-state index in [0.29, 0.717) is 45.5 Å². The van der Waals surface area contributed by atoms with Crippen molar-refractivity contribution in [2.24, 2.45) is 0 Å². The smallest absolute Gasteiger partial charge is 0.303 e. The Balaban J connectivity index is 1.17. The van der Waals surface area contributed by atoms with Crippen molar-refractivity contribution in [3.63, 3.8) is 0 Å². The second kappa shape index (κ2) is 11.0. The van der Waals surface area contributed by atoms with Crippen molar-refractivity contribution in [2.45, 2.75) is 32.7 Å². The van der Waals surface area contributed by atoms with Gasteiger partial charge in [-0.1, -0.05) is 60.7 Å². The molecule has 1 atom stereocenters. The standard InChI is InChI=1S/C30H26N4O7/c1-18(35)41-26(20-10-6-3-7-11-20)30(37)34-14-22-23(15-34)32-33-28(22)31-29(36)21-12-24(27-25(13-21)39-17-40-27)38-16-19-8-4-2-5-9-19/h2-13,26H,14-17H2,1H3,(H2,31,32,33,36)/t26-/m0/s1. The maximum absolute atomic E-state index is 13.4. The molecule has 0 fully saturated rings. The number of hydrogen-bond donors (Lipinski definition) is 2. The van der Waals surface area contributed by atoms with Crippen LogP contribution >= 0.6 is 0 Å². The van der Waals surface area contributed by atoms with Crippen molar-refractivity contribution in [3.05, 3.63) is 101 Å². The van der Waals surface area contributed by atoms with Crippen molar-refractivity contribution >= 4 is 23.6 Å². The zero-order chi connectivity index (χ0) is 28.3. The maximum Gasteiger partial charge on any atom is 0.303 e. The fraction of sp³-hybridized carbons (Fsp3) is 0.200. The Bertz CT molecular complexity index is 1600. The molecular weight excluding hydrogens is 528 g/mol. The van der Waals surface area contributed by atoms with Gasteiger partial charge in [0.15, 0.2) is 17.3 Å². The molecule has 4 aromatic rings. The van der Waals surface area contributed by atoms with Gasteiger partial charge in [0, 0.05) is 23.6 Å². The van der Waals surface area contributed by atoms with Gasteiger partial charge in [-0.15, -0.1) is 0 Å². The molecule has 0 bridgehead atoms.